The average Bonchev–Trinajstić information content (AvgIpc) is 2.81. The minimum absolute atomic E-state index is 0.224. The van der Waals surface area contributed by atoms with Crippen molar-refractivity contribution in [3.8, 4) is 0 Å². The van der Waals surface area contributed by atoms with Gasteiger partial charge in [-0.05, 0) is 50.3 Å². The summed E-state index contributed by atoms with van der Waals surface area (Å²) >= 11 is 0. The van der Waals surface area contributed by atoms with E-state index in [9.17, 15) is 14.4 Å². The summed E-state index contributed by atoms with van der Waals surface area (Å²) < 4.78 is 0. The van der Waals surface area contributed by atoms with Crippen LogP contribution in [0.1, 0.15) is 42.6 Å². The standard InChI is InChI=1S/C22H33N7O3/c23-29-9-6-16(7-10-29)5-8-27-11-13-28(14-12-27)17-1-2-18(24-15-17)21(31)25-19-3-4-20(30)26-22(19)32/h1-2,15-16,19H,3-14,23H2,(H,25,31)(H,26,30,32)/t19-/m0/s1. The largest absolute Gasteiger partial charge is 0.368 e. The molecule has 10 nitrogen and oxygen atoms in total. The Hall–Kier alpha value is -2.56. The van der Waals surface area contributed by atoms with Crippen LogP contribution >= 0.6 is 0 Å². The fraction of sp³-hybridized carbons (Fsp3) is 0.636. The number of piperidine rings is 2. The maximum Gasteiger partial charge on any atom is 0.270 e. The predicted molar refractivity (Wildman–Crippen MR) is 120 cm³/mol. The number of carbonyl (C=O) groups is 3. The van der Waals surface area contributed by atoms with E-state index in [0.717, 1.165) is 57.4 Å². The van der Waals surface area contributed by atoms with Crippen molar-refractivity contribution in [3.63, 3.8) is 0 Å². The van der Waals surface area contributed by atoms with Crippen molar-refractivity contribution in [1.82, 2.24) is 25.5 Å². The fourth-order valence-electron chi connectivity index (χ4n) is 4.61. The zero-order valence-electron chi connectivity index (χ0n) is 18.5. The Kier molecular flexibility index (Phi) is 7.33. The molecule has 4 N–H and O–H groups in total. The molecule has 10 heteroatoms. The van der Waals surface area contributed by atoms with Gasteiger partial charge in [0.15, 0.2) is 0 Å². The summed E-state index contributed by atoms with van der Waals surface area (Å²) in [6, 6.07) is 2.90. The summed E-state index contributed by atoms with van der Waals surface area (Å²) in [5.74, 6) is 5.46. The summed E-state index contributed by atoms with van der Waals surface area (Å²) in [6.45, 7) is 7.07. The summed E-state index contributed by atoms with van der Waals surface area (Å²) in [5.41, 5.74) is 1.26. The molecule has 0 unspecified atom stereocenters. The van der Waals surface area contributed by atoms with Gasteiger partial charge in [-0.3, -0.25) is 30.4 Å². The molecular formula is C22H33N7O3. The van der Waals surface area contributed by atoms with Crippen molar-refractivity contribution in [3.05, 3.63) is 24.0 Å². The van der Waals surface area contributed by atoms with Gasteiger partial charge in [0, 0.05) is 45.7 Å². The van der Waals surface area contributed by atoms with Crippen molar-refractivity contribution >= 4 is 23.4 Å². The molecule has 1 aromatic heterocycles. The van der Waals surface area contributed by atoms with Crippen LogP contribution in [0.25, 0.3) is 0 Å². The second-order valence-corrected chi connectivity index (χ2v) is 8.98. The van der Waals surface area contributed by atoms with Crippen molar-refractivity contribution < 1.29 is 14.4 Å². The molecule has 3 fully saturated rings. The van der Waals surface area contributed by atoms with Crippen LogP contribution in [0.5, 0.6) is 0 Å². The molecule has 1 aromatic rings. The topological polar surface area (TPSA) is 124 Å². The van der Waals surface area contributed by atoms with Gasteiger partial charge < -0.3 is 10.2 Å². The molecule has 0 spiro atoms. The normalized spacial score (nSPS) is 23.8. The number of carbonyl (C=O) groups excluding carboxylic acids is 3. The van der Waals surface area contributed by atoms with E-state index in [1.165, 1.54) is 19.3 Å². The molecule has 174 valence electrons. The molecule has 32 heavy (non-hydrogen) atoms. The number of amides is 3. The molecule has 0 bridgehead atoms. The minimum atomic E-state index is -0.697. The van der Waals surface area contributed by atoms with Crippen LogP contribution < -0.4 is 21.4 Å². The first-order valence-corrected chi connectivity index (χ1v) is 11.6. The number of pyridine rings is 1. The summed E-state index contributed by atoms with van der Waals surface area (Å²) in [4.78, 5) is 44.6. The van der Waals surface area contributed by atoms with Gasteiger partial charge in [-0.2, -0.15) is 0 Å². The number of imide groups is 1. The third-order valence-electron chi connectivity index (χ3n) is 6.77. The first kappa shape index (κ1) is 22.6. The maximum absolute atomic E-state index is 12.4. The van der Waals surface area contributed by atoms with E-state index < -0.39 is 17.9 Å². The molecule has 3 aliphatic rings. The van der Waals surface area contributed by atoms with E-state index in [2.05, 4.69) is 25.4 Å². The number of nitrogens with zero attached hydrogens (tertiary/aromatic N) is 4. The van der Waals surface area contributed by atoms with Crippen LogP contribution in [0.15, 0.2) is 18.3 Å². The molecule has 4 rings (SSSR count). The van der Waals surface area contributed by atoms with E-state index in [1.807, 2.05) is 11.1 Å². The summed E-state index contributed by atoms with van der Waals surface area (Å²) in [5, 5.41) is 6.82. The highest BCUT2D eigenvalue weighted by atomic mass is 16.2. The number of anilines is 1. The Labute approximate surface area is 188 Å². The lowest BCUT2D eigenvalue weighted by molar-refractivity contribution is -0.134. The van der Waals surface area contributed by atoms with Crippen molar-refractivity contribution in [2.75, 3.05) is 50.7 Å². The summed E-state index contributed by atoms with van der Waals surface area (Å²) in [7, 11) is 0. The SMILES string of the molecule is NN1CCC(CCN2CCN(c3ccc(C(=O)N[C@H]4CCC(=O)NC4=O)nc3)CC2)CC1. The van der Waals surface area contributed by atoms with Gasteiger partial charge in [0.1, 0.15) is 11.7 Å². The Balaban J connectivity index is 1.21. The highest BCUT2D eigenvalue weighted by Crippen LogP contribution is 2.21. The van der Waals surface area contributed by atoms with Crippen LogP contribution in [-0.2, 0) is 9.59 Å². The number of hydrogen-bond acceptors (Lipinski definition) is 8. The Bertz CT molecular complexity index is 815. The van der Waals surface area contributed by atoms with Crippen LogP contribution in [0.2, 0.25) is 0 Å². The maximum atomic E-state index is 12.4. The van der Waals surface area contributed by atoms with Gasteiger partial charge in [-0.1, -0.05) is 0 Å². The van der Waals surface area contributed by atoms with Crippen LogP contribution in [-0.4, -0.2) is 84.5 Å². The number of hydrazine groups is 1. The van der Waals surface area contributed by atoms with E-state index in [1.54, 1.807) is 12.3 Å². The molecule has 3 saturated heterocycles. The third kappa shape index (κ3) is 5.81. The highest BCUT2D eigenvalue weighted by molar-refractivity contribution is 6.03. The summed E-state index contributed by atoms with van der Waals surface area (Å²) in [6.07, 6.45) is 5.90. The molecule has 0 radical (unpaired) electrons. The van der Waals surface area contributed by atoms with Crippen LogP contribution in [0.4, 0.5) is 5.69 Å². The van der Waals surface area contributed by atoms with Gasteiger partial charge >= 0.3 is 0 Å². The van der Waals surface area contributed by atoms with E-state index >= 15 is 0 Å². The molecule has 1 atom stereocenters. The minimum Gasteiger partial charge on any atom is -0.368 e. The second kappa shape index (κ2) is 10.4. The molecule has 3 amide bonds. The highest BCUT2D eigenvalue weighted by Gasteiger charge is 2.28. The number of piperazine rings is 1. The van der Waals surface area contributed by atoms with E-state index in [4.69, 9.17) is 5.84 Å². The predicted octanol–water partition coefficient (Wildman–Crippen LogP) is -0.286. The molecular weight excluding hydrogens is 410 g/mol. The van der Waals surface area contributed by atoms with Gasteiger partial charge in [-0.25, -0.2) is 9.99 Å². The monoisotopic (exact) mass is 443 g/mol. The zero-order valence-corrected chi connectivity index (χ0v) is 18.5. The number of rotatable bonds is 6. The third-order valence-corrected chi connectivity index (χ3v) is 6.77. The van der Waals surface area contributed by atoms with Crippen LogP contribution in [0, 0.1) is 5.92 Å². The van der Waals surface area contributed by atoms with Crippen molar-refractivity contribution in [2.45, 2.75) is 38.1 Å². The zero-order chi connectivity index (χ0) is 22.5. The lowest BCUT2D eigenvalue weighted by atomic mass is 9.94. The molecule has 4 heterocycles. The van der Waals surface area contributed by atoms with Crippen molar-refractivity contribution in [1.29, 1.82) is 0 Å². The second-order valence-electron chi connectivity index (χ2n) is 8.98. The van der Waals surface area contributed by atoms with Gasteiger partial charge in [0.05, 0.1) is 11.9 Å². The van der Waals surface area contributed by atoms with E-state index in [-0.39, 0.29) is 18.0 Å². The molecule has 0 aliphatic carbocycles. The Morgan fingerprint density at radius 3 is 2.50 bits per heavy atom. The number of nitrogens with two attached hydrogens (primary N) is 1. The average molecular weight is 444 g/mol. The quantitative estimate of drug-likeness (QED) is 0.405. The van der Waals surface area contributed by atoms with Gasteiger partial charge in [0.25, 0.3) is 5.91 Å². The van der Waals surface area contributed by atoms with E-state index in [0.29, 0.717) is 6.42 Å². The molecule has 0 aromatic carbocycles. The van der Waals surface area contributed by atoms with Gasteiger partial charge in [-0.15, -0.1) is 0 Å². The Morgan fingerprint density at radius 1 is 1.09 bits per heavy atom. The molecule has 0 saturated carbocycles. The fourth-order valence-corrected chi connectivity index (χ4v) is 4.61. The first-order valence-electron chi connectivity index (χ1n) is 11.6. The lowest BCUT2D eigenvalue weighted by Gasteiger charge is -2.37. The smallest absolute Gasteiger partial charge is 0.270 e. The Morgan fingerprint density at radius 2 is 1.84 bits per heavy atom. The van der Waals surface area contributed by atoms with Crippen LogP contribution in [0.3, 0.4) is 0 Å². The lowest BCUT2D eigenvalue weighted by Crippen LogP contribution is -2.52. The number of hydrogen-bond donors (Lipinski definition) is 3. The number of aromatic nitrogens is 1. The van der Waals surface area contributed by atoms with Crippen molar-refractivity contribution in [2.24, 2.45) is 11.8 Å². The molecule has 3 aliphatic heterocycles. The number of nitrogens with one attached hydrogen (secondary N) is 2. The first-order chi connectivity index (χ1) is 15.5. The van der Waals surface area contributed by atoms with Gasteiger partial charge in [0.2, 0.25) is 11.8 Å².